The molecule has 2 aromatic heterocycles. The Morgan fingerprint density at radius 3 is 1.12 bits per heavy atom. The summed E-state index contributed by atoms with van der Waals surface area (Å²) in [7, 11) is 0. The van der Waals surface area contributed by atoms with Crippen molar-refractivity contribution in [1.29, 1.82) is 0 Å². The van der Waals surface area contributed by atoms with Gasteiger partial charge in [0.05, 0.1) is 22.1 Å². The third kappa shape index (κ3) is 4.57. The fourth-order valence-electron chi connectivity index (χ4n) is 9.36. The van der Waals surface area contributed by atoms with Crippen LogP contribution < -0.4 is 0 Å². The molecule has 0 aliphatic heterocycles. The van der Waals surface area contributed by atoms with Crippen LogP contribution in [0.1, 0.15) is 0 Å². The fourth-order valence-corrected chi connectivity index (χ4v) is 9.36. The second-order valence-corrected chi connectivity index (χ2v) is 14.9. The van der Waals surface area contributed by atoms with Gasteiger partial charge in [-0.3, -0.25) is 0 Å². The zero-order chi connectivity index (χ0) is 36.7. The number of nitrogens with zero attached hydrogens (tertiary/aromatic N) is 2. The Bertz CT molecular complexity index is 3420. The second kappa shape index (κ2) is 12.0. The van der Waals surface area contributed by atoms with Crippen LogP contribution in [0, 0.1) is 0 Å². The molecule has 0 bridgehead atoms. The number of aromatic nitrogens is 2. The highest BCUT2D eigenvalue weighted by Gasteiger charge is 2.20. The normalized spacial score (nSPS) is 11.9. The lowest BCUT2D eigenvalue weighted by Gasteiger charge is -2.15. The van der Waals surface area contributed by atoms with Crippen molar-refractivity contribution in [2.24, 2.45) is 0 Å². The fraction of sp³-hybridized carbons (Fsp3) is 0. The van der Waals surface area contributed by atoms with Crippen molar-refractivity contribution in [3.05, 3.63) is 206 Å². The summed E-state index contributed by atoms with van der Waals surface area (Å²) >= 11 is 0. The lowest BCUT2D eigenvalue weighted by Crippen LogP contribution is -1.97. The molecule has 0 saturated heterocycles. The van der Waals surface area contributed by atoms with Crippen molar-refractivity contribution in [2.45, 2.75) is 0 Å². The molecule has 2 heteroatoms. The molecule has 10 aromatic carbocycles. The van der Waals surface area contributed by atoms with Gasteiger partial charge in [-0.25, -0.2) is 0 Å². The first-order valence-corrected chi connectivity index (χ1v) is 19.3. The van der Waals surface area contributed by atoms with Crippen molar-refractivity contribution in [3.8, 4) is 33.6 Å². The van der Waals surface area contributed by atoms with E-state index in [9.17, 15) is 0 Å². The number of fused-ring (bicyclic) bond motifs is 12. The summed E-state index contributed by atoms with van der Waals surface area (Å²) in [5.74, 6) is 0. The van der Waals surface area contributed by atoms with Crippen LogP contribution in [-0.4, -0.2) is 9.13 Å². The highest BCUT2D eigenvalue weighted by molar-refractivity contribution is 6.26. The van der Waals surface area contributed by atoms with E-state index < -0.39 is 0 Å². The number of benzene rings is 10. The van der Waals surface area contributed by atoms with Gasteiger partial charge in [0.25, 0.3) is 0 Å². The highest BCUT2D eigenvalue weighted by atomic mass is 15.0. The maximum absolute atomic E-state index is 2.48. The van der Waals surface area contributed by atoms with Crippen LogP contribution in [0.4, 0.5) is 0 Å². The van der Waals surface area contributed by atoms with Gasteiger partial charge < -0.3 is 9.13 Å². The smallest absolute Gasteiger partial charge is 0.0562 e. The Balaban J connectivity index is 1.18. The maximum atomic E-state index is 2.48. The summed E-state index contributed by atoms with van der Waals surface area (Å²) in [5, 5.41) is 12.7. The molecule has 260 valence electrons. The molecule has 0 aliphatic carbocycles. The summed E-state index contributed by atoms with van der Waals surface area (Å²) in [6.45, 7) is 0. The van der Waals surface area contributed by atoms with Gasteiger partial charge in [0, 0.05) is 32.9 Å². The Labute approximate surface area is 323 Å². The molecule has 12 rings (SSSR count). The molecule has 2 heterocycles. The predicted octanol–water partition coefficient (Wildman–Crippen LogP) is 14.7. The van der Waals surface area contributed by atoms with E-state index in [1.165, 1.54) is 98.2 Å². The zero-order valence-corrected chi connectivity index (χ0v) is 30.5. The Kier molecular flexibility index (Phi) is 6.66. The van der Waals surface area contributed by atoms with Crippen LogP contribution in [0.25, 0.3) is 110 Å². The number of rotatable bonds is 4. The minimum absolute atomic E-state index is 1.14. The molecule has 0 radical (unpaired) electrons. The molecular weight excluding hydrogens is 677 g/mol. The monoisotopic (exact) mass is 710 g/mol. The maximum Gasteiger partial charge on any atom is 0.0562 e. The molecule has 0 amide bonds. The van der Waals surface area contributed by atoms with Gasteiger partial charge in [0.15, 0.2) is 0 Å². The minimum atomic E-state index is 1.14. The number of hydrogen-bond acceptors (Lipinski definition) is 0. The molecule has 0 saturated carbocycles. The standard InChI is InChI=1S/C54H34N2/c1-3-15-35(16-4-1)37-29-38(36-17-5-2-6-18-36)31-40(30-37)56-52-26-14-12-24-47(52)50-33-49-46-23-11-13-25-51(46)55(53(49)34-54(50)56)39-27-28-45-43-21-8-7-19-41(43)42-20-9-10-22-44(42)48(45)32-39/h1-34H. The molecule has 0 unspecified atom stereocenters. The van der Waals surface area contributed by atoms with Gasteiger partial charge in [-0.2, -0.15) is 0 Å². The van der Waals surface area contributed by atoms with E-state index in [-0.39, 0.29) is 0 Å². The zero-order valence-electron chi connectivity index (χ0n) is 30.5. The Morgan fingerprint density at radius 1 is 0.196 bits per heavy atom. The molecule has 0 spiro atoms. The van der Waals surface area contributed by atoms with Gasteiger partial charge in [0.1, 0.15) is 0 Å². The van der Waals surface area contributed by atoms with Crippen LogP contribution in [-0.2, 0) is 0 Å². The molecule has 0 aliphatic rings. The summed E-state index contributed by atoms with van der Waals surface area (Å²) in [6.07, 6.45) is 0. The van der Waals surface area contributed by atoms with Crippen LogP contribution in [0.2, 0.25) is 0 Å². The van der Waals surface area contributed by atoms with Gasteiger partial charge in [-0.05, 0) is 109 Å². The largest absolute Gasteiger partial charge is 0.309 e. The summed E-state index contributed by atoms with van der Waals surface area (Å²) in [4.78, 5) is 0. The summed E-state index contributed by atoms with van der Waals surface area (Å²) in [6, 6.07) is 75.8. The van der Waals surface area contributed by atoms with Crippen molar-refractivity contribution in [2.75, 3.05) is 0 Å². The van der Waals surface area contributed by atoms with Crippen molar-refractivity contribution >= 4 is 75.9 Å². The average molecular weight is 711 g/mol. The third-order valence-electron chi connectivity index (χ3n) is 11.8. The van der Waals surface area contributed by atoms with E-state index in [0.29, 0.717) is 0 Å². The van der Waals surface area contributed by atoms with Crippen LogP contribution in [0.3, 0.4) is 0 Å². The van der Waals surface area contributed by atoms with Gasteiger partial charge in [-0.15, -0.1) is 0 Å². The van der Waals surface area contributed by atoms with Gasteiger partial charge in [-0.1, -0.05) is 152 Å². The van der Waals surface area contributed by atoms with Crippen molar-refractivity contribution in [1.82, 2.24) is 9.13 Å². The third-order valence-corrected chi connectivity index (χ3v) is 11.8. The Hall–Kier alpha value is -7.42. The second-order valence-electron chi connectivity index (χ2n) is 14.9. The molecular formula is C54H34N2. The van der Waals surface area contributed by atoms with Crippen molar-refractivity contribution in [3.63, 3.8) is 0 Å². The molecule has 0 fully saturated rings. The molecule has 0 N–H and O–H groups in total. The quantitative estimate of drug-likeness (QED) is 0.161. The first-order chi connectivity index (χ1) is 27.8. The van der Waals surface area contributed by atoms with E-state index in [1.807, 2.05) is 0 Å². The first-order valence-electron chi connectivity index (χ1n) is 19.3. The van der Waals surface area contributed by atoms with Crippen LogP contribution in [0.5, 0.6) is 0 Å². The number of para-hydroxylation sites is 2. The van der Waals surface area contributed by atoms with E-state index in [1.54, 1.807) is 0 Å². The predicted molar refractivity (Wildman–Crippen MR) is 239 cm³/mol. The van der Waals surface area contributed by atoms with E-state index >= 15 is 0 Å². The highest BCUT2D eigenvalue weighted by Crippen LogP contribution is 2.42. The molecule has 12 aromatic rings. The number of hydrogen-bond donors (Lipinski definition) is 0. The summed E-state index contributed by atoms with van der Waals surface area (Å²) < 4.78 is 4.95. The SMILES string of the molecule is c1ccc(-c2cc(-c3ccccc3)cc(-n3c4ccccc4c4cc5c6ccccc6n(-c6ccc7c8ccccc8c8ccccc8c7c6)c5cc43)c2)cc1. The van der Waals surface area contributed by atoms with Crippen LogP contribution >= 0.6 is 0 Å². The Morgan fingerprint density at radius 2 is 0.607 bits per heavy atom. The lowest BCUT2D eigenvalue weighted by molar-refractivity contribution is 1.17. The van der Waals surface area contributed by atoms with Gasteiger partial charge in [0.2, 0.25) is 0 Å². The first kappa shape index (κ1) is 31.0. The van der Waals surface area contributed by atoms with E-state index in [2.05, 4.69) is 215 Å². The lowest BCUT2D eigenvalue weighted by atomic mass is 9.94. The average Bonchev–Trinajstić information content (AvgIpc) is 3.78. The molecule has 2 nitrogen and oxygen atoms in total. The van der Waals surface area contributed by atoms with Crippen LogP contribution in [0.15, 0.2) is 206 Å². The topological polar surface area (TPSA) is 9.86 Å². The molecule has 56 heavy (non-hydrogen) atoms. The van der Waals surface area contributed by atoms with Crippen molar-refractivity contribution < 1.29 is 0 Å². The summed E-state index contributed by atoms with van der Waals surface area (Å²) in [5.41, 5.74) is 11.9. The van der Waals surface area contributed by atoms with Gasteiger partial charge >= 0.3 is 0 Å². The molecule has 0 atom stereocenters. The van der Waals surface area contributed by atoms with E-state index in [0.717, 1.165) is 11.4 Å². The van der Waals surface area contributed by atoms with E-state index in [4.69, 9.17) is 0 Å². The minimum Gasteiger partial charge on any atom is -0.309 e.